The number of hydrogen-bond donors (Lipinski definition) is 2. The molecule has 1 aromatic rings. The van der Waals surface area contributed by atoms with Crippen molar-refractivity contribution >= 4 is 5.97 Å². The van der Waals surface area contributed by atoms with Gasteiger partial charge in [0.05, 0.1) is 0 Å². The third-order valence-electron chi connectivity index (χ3n) is 3.24. The van der Waals surface area contributed by atoms with Crippen molar-refractivity contribution in [3.8, 4) is 0 Å². The summed E-state index contributed by atoms with van der Waals surface area (Å²) in [6, 6.07) is 7.20. The van der Waals surface area contributed by atoms with Crippen molar-refractivity contribution in [2.45, 2.75) is 31.2 Å². The van der Waals surface area contributed by atoms with E-state index in [1.54, 1.807) is 0 Å². The molecule has 1 fully saturated rings. The Bertz CT molecular complexity index is 396. The van der Waals surface area contributed by atoms with Gasteiger partial charge in [0.2, 0.25) is 0 Å². The fourth-order valence-corrected chi connectivity index (χ4v) is 2.11. The van der Waals surface area contributed by atoms with Gasteiger partial charge in [-0.25, -0.2) is 0 Å². The van der Waals surface area contributed by atoms with Crippen LogP contribution in [0.1, 0.15) is 24.0 Å². The van der Waals surface area contributed by atoms with Crippen molar-refractivity contribution in [3.05, 3.63) is 35.4 Å². The first-order valence-corrected chi connectivity index (χ1v) is 5.12. The zero-order valence-electron chi connectivity index (χ0n) is 8.73. The van der Waals surface area contributed by atoms with E-state index >= 15 is 0 Å². The molecule has 1 atom stereocenters. The lowest BCUT2D eigenvalue weighted by Gasteiger charge is -2.20. The SMILES string of the molecule is Cc1cccc(C2(C(N)C(=O)O)CC2)c1. The Balaban J connectivity index is 2.34. The molecule has 1 aromatic carbocycles. The van der Waals surface area contributed by atoms with Gasteiger partial charge >= 0.3 is 5.97 Å². The maximum absolute atomic E-state index is 10.9. The molecule has 1 saturated carbocycles. The molecule has 0 aliphatic heterocycles. The van der Waals surface area contributed by atoms with Gasteiger partial charge in [-0.05, 0) is 25.3 Å². The number of hydrogen-bond acceptors (Lipinski definition) is 2. The molecular weight excluding hydrogens is 190 g/mol. The fourth-order valence-electron chi connectivity index (χ4n) is 2.11. The van der Waals surface area contributed by atoms with E-state index in [0.29, 0.717) is 0 Å². The quantitative estimate of drug-likeness (QED) is 0.784. The fraction of sp³-hybridized carbons (Fsp3) is 0.417. The second-order valence-corrected chi connectivity index (χ2v) is 4.34. The third kappa shape index (κ3) is 1.63. The number of aryl methyl sites for hydroxylation is 1. The summed E-state index contributed by atoms with van der Waals surface area (Å²) < 4.78 is 0. The number of nitrogens with two attached hydrogens (primary N) is 1. The molecule has 3 nitrogen and oxygen atoms in total. The second-order valence-electron chi connectivity index (χ2n) is 4.34. The van der Waals surface area contributed by atoms with Gasteiger partial charge in [-0.3, -0.25) is 4.79 Å². The largest absolute Gasteiger partial charge is 0.480 e. The summed E-state index contributed by atoms with van der Waals surface area (Å²) in [4.78, 5) is 10.9. The highest BCUT2D eigenvalue weighted by molar-refractivity contribution is 5.77. The molecule has 0 amide bonds. The number of carbonyl (C=O) groups is 1. The Morgan fingerprint density at radius 2 is 2.20 bits per heavy atom. The number of rotatable bonds is 3. The topological polar surface area (TPSA) is 63.3 Å². The van der Waals surface area contributed by atoms with E-state index in [0.717, 1.165) is 24.0 Å². The normalized spacial score (nSPS) is 19.6. The van der Waals surface area contributed by atoms with E-state index < -0.39 is 12.0 Å². The molecule has 80 valence electrons. The summed E-state index contributed by atoms with van der Waals surface area (Å²) in [6.45, 7) is 2.01. The van der Waals surface area contributed by atoms with Crippen LogP contribution in [0, 0.1) is 6.92 Å². The summed E-state index contributed by atoms with van der Waals surface area (Å²) in [7, 11) is 0. The van der Waals surface area contributed by atoms with Crippen LogP contribution >= 0.6 is 0 Å². The van der Waals surface area contributed by atoms with Crippen LogP contribution in [0.3, 0.4) is 0 Å². The Hall–Kier alpha value is -1.35. The Morgan fingerprint density at radius 3 is 2.67 bits per heavy atom. The standard InChI is InChI=1S/C12H15NO2/c1-8-3-2-4-9(7-8)12(5-6-12)10(13)11(14)15/h2-4,7,10H,5-6,13H2,1H3,(H,14,15). The number of carboxylic acid groups (broad SMARTS) is 1. The predicted octanol–water partition coefficient (Wildman–Crippen LogP) is 1.44. The van der Waals surface area contributed by atoms with Crippen molar-refractivity contribution in [3.63, 3.8) is 0 Å². The molecule has 3 heteroatoms. The van der Waals surface area contributed by atoms with Gasteiger partial charge in [-0.1, -0.05) is 29.8 Å². The Morgan fingerprint density at radius 1 is 1.53 bits per heavy atom. The smallest absolute Gasteiger partial charge is 0.321 e. The molecule has 1 aliphatic rings. The minimum Gasteiger partial charge on any atom is -0.480 e. The van der Waals surface area contributed by atoms with Gasteiger partial charge in [0.1, 0.15) is 6.04 Å². The van der Waals surface area contributed by atoms with Crippen molar-refractivity contribution < 1.29 is 9.90 Å². The monoisotopic (exact) mass is 205 g/mol. The Kier molecular flexibility index (Phi) is 2.27. The van der Waals surface area contributed by atoms with E-state index in [2.05, 4.69) is 0 Å². The zero-order valence-corrected chi connectivity index (χ0v) is 8.73. The van der Waals surface area contributed by atoms with Gasteiger partial charge in [0.25, 0.3) is 0 Å². The van der Waals surface area contributed by atoms with Gasteiger partial charge in [-0.2, -0.15) is 0 Å². The number of benzene rings is 1. The van der Waals surface area contributed by atoms with Crippen LogP contribution in [0.5, 0.6) is 0 Å². The van der Waals surface area contributed by atoms with Crippen molar-refractivity contribution in [2.24, 2.45) is 5.73 Å². The predicted molar refractivity (Wildman–Crippen MR) is 57.7 cm³/mol. The maximum atomic E-state index is 10.9. The van der Waals surface area contributed by atoms with Gasteiger partial charge in [0.15, 0.2) is 0 Å². The zero-order chi connectivity index (χ0) is 11.1. The van der Waals surface area contributed by atoms with Crippen LogP contribution < -0.4 is 5.73 Å². The molecule has 0 spiro atoms. The lowest BCUT2D eigenvalue weighted by atomic mass is 9.88. The van der Waals surface area contributed by atoms with Crippen LogP contribution in [0.4, 0.5) is 0 Å². The summed E-state index contributed by atoms with van der Waals surface area (Å²) in [5.41, 5.74) is 7.65. The third-order valence-corrected chi connectivity index (χ3v) is 3.24. The molecule has 15 heavy (non-hydrogen) atoms. The number of aliphatic carboxylic acids is 1. The Labute approximate surface area is 88.9 Å². The lowest BCUT2D eigenvalue weighted by molar-refractivity contribution is -0.139. The summed E-state index contributed by atoms with van der Waals surface area (Å²) in [6.07, 6.45) is 1.76. The first-order valence-electron chi connectivity index (χ1n) is 5.12. The minimum absolute atomic E-state index is 0.308. The summed E-state index contributed by atoms with van der Waals surface area (Å²) in [5, 5.41) is 8.96. The molecule has 0 bridgehead atoms. The molecular formula is C12H15NO2. The van der Waals surface area contributed by atoms with E-state index in [9.17, 15) is 4.79 Å². The summed E-state index contributed by atoms with van der Waals surface area (Å²) in [5.74, 6) is -0.908. The molecule has 0 saturated heterocycles. The number of carboxylic acids is 1. The summed E-state index contributed by atoms with van der Waals surface area (Å²) >= 11 is 0. The highest BCUT2D eigenvalue weighted by Crippen LogP contribution is 2.50. The van der Waals surface area contributed by atoms with Crippen LogP contribution in [-0.4, -0.2) is 17.1 Å². The first-order chi connectivity index (χ1) is 7.06. The van der Waals surface area contributed by atoms with Gasteiger partial charge in [0, 0.05) is 5.41 Å². The van der Waals surface area contributed by atoms with Crippen LogP contribution in [-0.2, 0) is 10.2 Å². The average Bonchev–Trinajstić information content (AvgIpc) is 2.97. The van der Waals surface area contributed by atoms with E-state index in [-0.39, 0.29) is 5.41 Å². The van der Waals surface area contributed by atoms with Gasteiger partial charge < -0.3 is 10.8 Å². The van der Waals surface area contributed by atoms with Crippen molar-refractivity contribution in [2.75, 3.05) is 0 Å². The molecule has 3 N–H and O–H groups in total. The van der Waals surface area contributed by atoms with Gasteiger partial charge in [-0.15, -0.1) is 0 Å². The van der Waals surface area contributed by atoms with E-state index in [1.165, 1.54) is 0 Å². The first kappa shape index (κ1) is 10.2. The molecule has 2 rings (SSSR count). The lowest BCUT2D eigenvalue weighted by Crippen LogP contribution is -2.41. The van der Waals surface area contributed by atoms with E-state index in [4.69, 9.17) is 10.8 Å². The second kappa shape index (κ2) is 3.35. The highest BCUT2D eigenvalue weighted by Gasteiger charge is 2.52. The maximum Gasteiger partial charge on any atom is 0.321 e. The van der Waals surface area contributed by atoms with E-state index in [1.807, 2.05) is 31.2 Å². The van der Waals surface area contributed by atoms with Crippen molar-refractivity contribution in [1.29, 1.82) is 0 Å². The highest BCUT2D eigenvalue weighted by atomic mass is 16.4. The van der Waals surface area contributed by atoms with Crippen molar-refractivity contribution in [1.82, 2.24) is 0 Å². The molecule has 0 heterocycles. The molecule has 1 aliphatic carbocycles. The van der Waals surface area contributed by atoms with Crippen LogP contribution in [0.25, 0.3) is 0 Å². The molecule has 0 aromatic heterocycles. The average molecular weight is 205 g/mol. The van der Waals surface area contributed by atoms with Crippen LogP contribution in [0.2, 0.25) is 0 Å². The van der Waals surface area contributed by atoms with Crippen LogP contribution in [0.15, 0.2) is 24.3 Å². The minimum atomic E-state index is -0.908. The molecule has 0 radical (unpaired) electrons. The molecule has 1 unspecified atom stereocenters.